The van der Waals surface area contributed by atoms with Gasteiger partial charge in [0.25, 0.3) is 5.56 Å². The van der Waals surface area contributed by atoms with E-state index in [2.05, 4.69) is 9.97 Å². The van der Waals surface area contributed by atoms with Crippen LogP contribution >= 0.6 is 12.2 Å². The largest absolute Gasteiger partial charge is 0.494 e. The average Bonchev–Trinajstić information content (AvgIpc) is 3.02. The molecule has 2 aliphatic rings. The highest BCUT2D eigenvalue weighted by Gasteiger charge is 2.37. The van der Waals surface area contributed by atoms with Gasteiger partial charge in [0.1, 0.15) is 0 Å². The summed E-state index contributed by atoms with van der Waals surface area (Å²) in [4.78, 5) is 19.7. The third kappa shape index (κ3) is 2.38. The second kappa shape index (κ2) is 5.78. The lowest BCUT2D eigenvalue weighted by atomic mass is 9.87. The van der Waals surface area contributed by atoms with Gasteiger partial charge < -0.3 is 24.3 Å². The zero-order chi connectivity index (χ0) is 17.7. The van der Waals surface area contributed by atoms with Crippen LogP contribution in [0.15, 0.2) is 10.9 Å². The summed E-state index contributed by atoms with van der Waals surface area (Å²) in [7, 11) is 3.43. The van der Waals surface area contributed by atoms with E-state index in [0.29, 0.717) is 23.8 Å². The van der Waals surface area contributed by atoms with Crippen LogP contribution in [0.1, 0.15) is 22.7 Å². The molecule has 1 aromatic heterocycles. The monoisotopic (exact) mass is 363 g/mol. The minimum Gasteiger partial charge on any atom is -0.494 e. The van der Waals surface area contributed by atoms with Crippen molar-refractivity contribution in [1.82, 2.24) is 14.9 Å². The number of benzene rings is 1. The van der Waals surface area contributed by atoms with Crippen molar-refractivity contribution in [3.05, 3.63) is 37.9 Å². The van der Waals surface area contributed by atoms with Crippen LogP contribution in [0, 0.1) is 4.77 Å². The first-order valence-corrected chi connectivity index (χ1v) is 8.17. The number of fused-ring (bicyclic) bond motifs is 2. The Morgan fingerprint density at radius 2 is 2.16 bits per heavy atom. The summed E-state index contributed by atoms with van der Waals surface area (Å²) in [6, 6.07) is 1.40. The van der Waals surface area contributed by atoms with Gasteiger partial charge >= 0.3 is 0 Å². The normalized spacial score (nSPS) is 18.9. The Morgan fingerprint density at radius 3 is 2.88 bits per heavy atom. The number of ether oxygens (including phenoxy) is 3. The second-order valence-electron chi connectivity index (χ2n) is 6.02. The van der Waals surface area contributed by atoms with E-state index >= 15 is 0 Å². The highest BCUT2D eigenvalue weighted by atomic mass is 32.1. The Labute approximate surface area is 148 Å². The van der Waals surface area contributed by atoms with Gasteiger partial charge in [-0.15, -0.1) is 0 Å². The molecule has 1 aromatic carbocycles. The van der Waals surface area contributed by atoms with Crippen LogP contribution in [-0.4, -0.2) is 47.5 Å². The number of likely N-dealkylation sites (N-methyl/N-ethyl adjacent to an activating group) is 1. The van der Waals surface area contributed by atoms with Crippen LogP contribution in [0.3, 0.4) is 0 Å². The number of aromatic amines is 2. The van der Waals surface area contributed by atoms with Crippen molar-refractivity contribution in [3.8, 4) is 23.1 Å². The number of H-pyrrole nitrogens is 2. The number of hydrogen-bond acceptors (Lipinski definition) is 7. The molecule has 25 heavy (non-hydrogen) atoms. The summed E-state index contributed by atoms with van der Waals surface area (Å²) >= 11 is 4.92. The molecule has 132 valence electrons. The Balaban J connectivity index is 2.01. The van der Waals surface area contributed by atoms with Crippen LogP contribution in [0.2, 0.25) is 0 Å². The van der Waals surface area contributed by atoms with Crippen LogP contribution in [0.4, 0.5) is 0 Å². The molecule has 0 amide bonds. The summed E-state index contributed by atoms with van der Waals surface area (Å²) in [5.41, 5.74) is 1.53. The van der Waals surface area contributed by atoms with Crippen molar-refractivity contribution in [1.29, 1.82) is 0 Å². The quantitative estimate of drug-likeness (QED) is 0.695. The van der Waals surface area contributed by atoms with Crippen molar-refractivity contribution >= 4 is 12.2 Å². The molecule has 0 saturated heterocycles. The van der Waals surface area contributed by atoms with Gasteiger partial charge in [0.15, 0.2) is 16.3 Å². The van der Waals surface area contributed by atoms with Gasteiger partial charge in [0.05, 0.1) is 18.7 Å². The molecule has 2 aliphatic heterocycles. The van der Waals surface area contributed by atoms with Crippen LogP contribution in [-0.2, 0) is 6.42 Å². The van der Waals surface area contributed by atoms with E-state index in [-0.39, 0.29) is 23.0 Å². The first kappa shape index (κ1) is 16.0. The Kier molecular flexibility index (Phi) is 3.69. The second-order valence-corrected chi connectivity index (χ2v) is 6.43. The molecule has 3 N–H and O–H groups in total. The average molecular weight is 363 g/mol. The lowest BCUT2D eigenvalue weighted by Gasteiger charge is -2.35. The minimum atomic E-state index is -0.510. The maximum absolute atomic E-state index is 12.5. The molecule has 0 unspecified atom stereocenters. The highest BCUT2D eigenvalue weighted by molar-refractivity contribution is 7.71. The van der Waals surface area contributed by atoms with E-state index in [0.717, 1.165) is 17.5 Å². The number of aromatic hydroxyl groups is 1. The smallest absolute Gasteiger partial charge is 0.260 e. The number of aromatic nitrogens is 2. The lowest BCUT2D eigenvalue weighted by Crippen LogP contribution is -2.36. The van der Waals surface area contributed by atoms with Gasteiger partial charge in [-0.2, -0.15) is 0 Å². The fourth-order valence-electron chi connectivity index (χ4n) is 3.54. The third-order valence-electron chi connectivity index (χ3n) is 4.63. The molecule has 0 aliphatic carbocycles. The summed E-state index contributed by atoms with van der Waals surface area (Å²) in [6.07, 6.45) is 0.761. The predicted octanol–water partition coefficient (Wildman–Crippen LogP) is 1.45. The summed E-state index contributed by atoms with van der Waals surface area (Å²) in [5.74, 6) is 1.41. The number of methoxy groups -OCH3 is 1. The molecule has 8 nitrogen and oxygen atoms in total. The zero-order valence-electron chi connectivity index (χ0n) is 13.7. The molecule has 1 atom stereocenters. The summed E-state index contributed by atoms with van der Waals surface area (Å²) < 4.78 is 16.7. The lowest BCUT2D eigenvalue weighted by molar-refractivity contribution is 0.170. The molecule has 0 spiro atoms. The molecule has 0 bridgehead atoms. The highest BCUT2D eigenvalue weighted by Crippen LogP contribution is 2.50. The number of rotatable bonds is 2. The summed E-state index contributed by atoms with van der Waals surface area (Å²) in [5, 5.41) is 10.4. The van der Waals surface area contributed by atoms with Gasteiger partial charge in [-0.3, -0.25) is 14.7 Å². The maximum Gasteiger partial charge on any atom is 0.260 e. The topological polar surface area (TPSA) is 99.8 Å². The SMILES string of the molecule is COc1c2c(cc3c1[C@H](c1c(O)[nH]c(=S)[nH]c1=O)N(C)CC3)OCO2. The number of nitrogens with one attached hydrogen (secondary N) is 2. The van der Waals surface area contributed by atoms with E-state index in [1.807, 2.05) is 18.0 Å². The number of hydrogen-bond donors (Lipinski definition) is 3. The maximum atomic E-state index is 12.5. The van der Waals surface area contributed by atoms with Crippen molar-refractivity contribution in [2.24, 2.45) is 0 Å². The van der Waals surface area contributed by atoms with Gasteiger partial charge in [0.2, 0.25) is 18.4 Å². The molecular formula is C16H17N3O5S. The van der Waals surface area contributed by atoms with E-state index < -0.39 is 11.6 Å². The molecule has 9 heteroatoms. The van der Waals surface area contributed by atoms with E-state index in [9.17, 15) is 9.90 Å². The first-order chi connectivity index (χ1) is 12.0. The van der Waals surface area contributed by atoms with E-state index in [4.69, 9.17) is 26.4 Å². The molecule has 2 aromatic rings. The van der Waals surface area contributed by atoms with E-state index in [1.54, 1.807) is 7.11 Å². The molecular weight excluding hydrogens is 346 g/mol. The molecule has 0 radical (unpaired) electrons. The zero-order valence-corrected chi connectivity index (χ0v) is 14.5. The van der Waals surface area contributed by atoms with E-state index in [1.165, 1.54) is 0 Å². The van der Waals surface area contributed by atoms with Crippen LogP contribution in [0.25, 0.3) is 0 Å². The third-order valence-corrected chi connectivity index (χ3v) is 4.83. The van der Waals surface area contributed by atoms with Crippen molar-refractivity contribution in [2.45, 2.75) is 12.5 Å². The molecule has 4 rings (SSSR count). The van der Waals surface area contributed by atoms with Crippen molar-refractivity contribution < 1.29 is 19.3 Å². The van der Waals surface area contributed by atoms with Crippen LogP contribution in [0.5, 0.6) is 23.1 Å². The van der Waals surface area contributed by atoms with Gasteiger partial charge in [-0.05, 0) is 37.3 Å². The predicted molar refractivity (Wildman–Crippen MR) is 91.2 cm³/mol. The molecule has 3 heterocycles. The minimum absolute atomic E-state index is 0.0718. The standard InChI is InChI=1S/C16H17N3O5S/c1-19-4-3-7-5-8-12(24-6-23-8)13(22-2)9(7)11(19)10-14(20)17-16(25)18-15(10)21/h5,11H,3-4,6H2,1-2H3,(H3,17,18,20,21,25)/t11-/m1/s1. The van der Waals surface area contributed by atoms with Gasteiger partial charge in [-0.25, -0.2) is 0 Å². The molecule has 0 fully saturated rings. The molecule has 0 saturated carbocycles. The van der Waals surface area contributed by atoms with Crippen LogP contribution < -0.4 is 19.8 Å². The number of nitrogens with zero attached hydrogens (tertiary/aromatic N) is 1. The van der Waals surface area contributed by atoms with Gasteiger partial charge in [-0.1, -0.05) is 0 Å². The Bertz CT molecular complexity index is 967. The fourth-order valence-corrected chi connectivity index (χ4v) is 3.72. The van der Waals surface area contributed by atoms with Gasteiger partial charge in [0, 0.05) is 12.1 Å². The van der Waals surface area contributed by atoms with Crippen molar-refractivity contribution in [3.63, 3.8) is 0 Å². The fraction of sp³-hybridized carbons (Fsp3) is 0.375. The Hall–Kier alpha value is -2.52. The van der Waals surface area contributed by atoms with Crippen molar-refractivity contribution in [2.75, 3.05) is 27.5 Å². The Morgan fingerprint density at radius 1 is 1.36 bits per heavy atom. The summed E-state index contributed by atoms with van der Waals surface area (Å²) in [6.45, 7) is 0.828. The first-order valence-electron chi connectivity index (χ1n) is 7.76.